The van der Waals surface area contributed by atoms with Crippen molar-refractivity contribution < 1.29 is 50.2 Å². The topological polar surface area (TPSA) is 173 Å². The quantitative estimate of drug-likeness (QED) is 0.316. The molecule has 4 aliphatic rings. The Bertz CT molecular complexity index is 1900. The molecule has 4 bridgehead atoms. The number of alkyl carbamates (subject to hydrolysis) is 1. The number of cyclic esters (lactones) is 1. The fourth-order valence-corrected chi connectivity index (χ4v) is 8.17. The van der Waals surface area contributed by atoms with Crippen LogP contribution in [0.25, 0.3) is 16.8 Å². The fourth-order valence-electron chi connectivity index (χ4n) is 6.81. The summed E-state index contributed by atoms with van der Waals surface area (Å²) < 4.78 is 78.4. The average Bonchev–Trinajstić information content (AvgIpc) is 4.03. The van der Waals surface area contributed by atoms with E-state index in [9.17, 15) is 40.8 Å². The zero-order valence-corrected chi connectivity index (χ0v) is 29.7. The average molecular weight is 762 g/mol. The molecular formula is C36H42F3N5O8S. The largest absolute Gasteiger partial charge is 0.472 e. The fraction of sp³-hybridized carbons (Fsp3) is 0.528. The Kier molecular flexibility index (Phi) is 11.0. The van der Waals surface area contributed by atoms with Crippen molar-refractivity contribution >= 4 is 50.7 Å². The zero-order valence-electron chi connectivity index (χ0n) is 28.9. The summed E-state index contributed by atoms with van der Waals surface area (Å²) in [5.41, 5.74) is -0.783. The van der Waals surface area contributed by atoms with Crippen LogP contribution >= 0.6 is 0 Å². The molecule has 1 saturated heterocycles. The summed E-state index contributed by atoms with van der Waals surface area (Å²) in [6.45, 7) is 3.49. The molecule has 2 aromatic rings. The lowest BCUT2D eigenvalue weighted by Gasteiger charge is -2.29. The van der Waals surface area contributed by atoms with Crippen LogP contribution in [0.4, 0.5) is 18.0 Å². The maximum absolute atomic E-state index is 14.2. The highest BCUT2D eigenvalue weighted by molar-refractivity contribution is 7.91. The molecule has 3 N–H and O–H groups in total. The lowest BCUT2D eigenvalue weighted by molar-refractivity contribution is -0.143. The molecule has 286 valence electrons. The summed E-state index contributed by atoms with van der Waals surface area (Å²) in [4.78, 5) is 60.2. The van der Waals surface area contributed by atoms with Gasteiger partial charge in [-0.25, -0.2) is 18.2 Å². The van der Waals surface area contributed by atoms with Crippen molar-refractivity contribution in [3.8, 4) is 5.88 Å². The second-order valence-electron chi connectivity index (χ2n) is 14.0. The Morgan fingerprint density at radius 3 is 2.68 bits per heavy atom. The normalized spacial score (nSPS) is 27.3. The van der Waals surface area contributed by atoms with Crippen LogP contribution in [0.15, 0.2) is 49.2 Å². The van der Waals surface area contributed by atoms with Crippen LogP contribution in [0, 0.1) is 5.92 Å². The Labute approximate surface area is 304 Å². The molecular weight excluding hydrogens is 719 g/mol. The number of alkyl halides is 3. The van der Waals surface area contributed by atoms with E-state index < -0.39 is 94.2 Å². The minimum atomic E-state index is -4.51. The van der Waals surface area contributed by atoms with E-state index in [-0.39, 0.29) is 31.9 Å². The van der Waals surface area contributed by atoms with Gasteiger partial charge < -0.3 is 25.0 Å². The van der Waals surface area contributed by atoms with Gasteiger partial charge in [0.1, 0.15) is 23.7 Å². The first-order valence-corrected chi connectivity index (χ1v) is 19.3. The van der Waals surface area contributed by atoms with Gasteiger partial charge in [0, 0.05) is 30.3 Å². The third kappa shape index (κ3) is 9.11. The van der Waals surface area contributed by atoms with Crippen molar-refractivity contribution in [1.29, 1.82) is 0 Å². The Morgan fingerprint density at radius 2 is 1.96 bits per heavy atom. The first-order valence-electron chi connectivity index (χ1n) is 17.7. The van der Waals surface area contributed by atoms with Gasteiger partial charge in [-0.3, -0.25) is 19.1 Å². The van der Waals surface area contributed by atoms with E-state index in [1.807, 2.05) is 30.4 Å². The van der Waals surface area contributed by atoms with Crippen LogP contribution in [0.5, 0.6) is 5.88 Å². The van der Waals surface area contributed by atoms with Crippen molar-refractivity contribution in [1.82, 2.24) is 25.2 Å². The molecule has 17 heteroatoms. The van der Waals surface area contributed by atoms with Gasteiger partial charge >= 0.3 is 12.3 Å². The molecule has 0 radical (unpaired) electrons. The van der Waals surface area contributed by atoms with Crippen LogP contribution < -0.4 is 20.1 Å². The lowest BCUT2D eigenvalue weighted by Crippen LogP contribution is -2.58. The standard InChI is InChI=1S/C36H42F3N5O8S/c1-2-24-20-35(24,33(47)43-53(49,50)26-12-13-26)42-30(45)29-19-25-21-44(29)32(46)28(9-7-15-36(37,38)39)41-34(48)51-17-6-4-3-5-8-22-10-11-23-14-16-40-31(52-25)27(23)18-22/h2,5,8,10-11,14,16,18,24-26,28-29H,1,3-4,6-7,9,12-13,15,17,19-21H2,(H,41,48)(H,42,45)(H,43,47)/b8-5+/t24-,25-,28-,29+,35?/m1/s1. The number of nitrogens with one attached hydrogen (secondary N) is 3. The van der Waals surface area contributed by atoms with Gasteiger partial charge in [0.2, 0.25) is 27.7 Å². The SMILES string of the molecule is C=C[C@@H]1CC1(NC(=O)[C@@H]1C[C@@H]2CN1C(=O)[C@@H](CCCC(F)(F)F)NC(=O)OCCCC/C=C/c1ccc3ccnc(c3c1)O2)C(=O)NS(=O)(=O)C1CC1. The number of hydrogen-bond donors (Lipinski definition) is 3. The Balaban J connectivity index is 1.31. The molecule has 2 saturated carbocycles. The van der Waals surface area contributed by atoms with Gasteiger partial charge in [-0.15, -0.1) is 6.58 Å². The number of ether oxygens (including phenoxy) is 2. The third-order valence-corrected chi connectivity index (χ3v) is 11.8. The molecule has 1 unspecified atom stereocenters. The molecule has 2 aliphatic heterocycles. The maximum Gasteiger partial charge on any atom is 0.407 e. The number of benzene rings is 1. The number of carbonyl (C=O) groups is 4. The van der Waals surface area contributed by atoms with E-state index >= 15 is 0 Å². The van der Waals surface area contributed by atoms with Crippen LogP contribution in [0.1, 0.15) is 69.8 Å². The number of amides is 4. The number of halogens is 3. The summed E-state index contributed by atoms with van der Waals surface area (Å²) in [5.74, 6) is -2.98. The van der Waals surface area contributed by atoms with Crippen LogP contribution in [0.2, 0.25) is 0 Å². The molecule has 3 fully saturated rings. The molecule has 13 nitrogen and oxygen atoms in total. The van der Waals surface area contributed by atoms with Crippen LogP contribution in [-0.2, 0) is 29.1 Å². The minimum Gasteiger partial charge on any atom is -0.472 e. The van der Waals surface area contributed by atoms with Crippen molar-refractivity contribution in [3.05, 3.63) is 54.8 Å². The number of carbonyl (C=O) groups excluding carboxylic acids is 4. The molecule has 6 rings (SSSR count). The number of allylic oxidation sites excluding steroid dienone is 1. The highest BCUT2D eigenvalue weighted by Gasteiger charge is 2.62. The van der Waals surface area contributed by atoms with Gasteiger partial charge in [-0.05, 0) is 74.4 Å². The van der Waals surface area contributed by atoms with Gasteiger partial charge in [-0.1, -0.05) is 30.4 Å². The predicted octanol–water partition coefficient (Wildman–Crippen LogP) is 4.28. The minimum absolute atomic E-state index is 0.00385. The molecule has 5 atom stereocenters. The van der Waals surface area contributed by atoms with E-state index in [0.29, 0.717) is 37.5 Å². The second-order valence-corrected chi connectivity index (χ2v) is 16.0. The summed E-state index contributed by atoms with van der Waals surface area (Å²) in [6, 6.07) is 4.72. The molecule has 1 aromatic carbocycles. The van der Waals surface area contributed by atoms with Gasteiger partial charge in [0.05, 0.1) is 18.4 Å². The molecule has 2 aliphatic carbocycles. The number of hydrogen-bond acceptors (Lipinski definition) is 9. The van der Waals surface area contributed by atoms with Crippen molar-refractivity contribution in [2.45, 2.75) is 99.4 Å². The lowest BCUT2D eigenvalue weighted by atomic mass is 10.1. The van der Waals surface area contributed by atoms with Crippen molar-refractivity contribution in [2.75, 3.05) is 13.2 Å². The first-order chi connectivity index (χ1) is 25.2. The van der Waals surface area contributed by atoms with Gasteiger partial charge in [0.15, 0.2) is 0 Å². The molecule has 1 aromatic heterocycles. The highest BCUT2D eigenvalue weighted by atomic mass is 32.2. The third-order valence-electron chi connectivity index (χ3n) is 9.98. The van der Waals surface area contributed by atoms with Crippen LogP contribution in [-0.4, -0.2) is 90.4 Å². The molecule has 3 heterocycles. The van der Waals surface area contributed by atoms with Crippen LogP contribution in [0.3, 0.4) is 0 Å². The van der Waals surface area contributed by atoms with Gasteiger partial charge in [0.25, 0.3) is 5.91 Å². The van der Waals surface area contributed by atoms with Crippen molar-refractivity contribution in [3.63, 3.8) is 0 Å². The summed E-state index contributed by atoms with van der Waals surface area (Å²) in [6.07, 6.45) is 0.999. The number of nitrogens with zero attached hydrogens (tertiary/aromatic N) is 2. The number of rotatable bonds is 9. The number of fused-ring (bicyclic) bond motifs is 3. The summed E-state index contributed by atoms with van der Waals surface area (Å²) in [7, 11) is -3.97. The monoisotopic (exact) mass is 761 g/mol. The van der Waals surface area contributed by atoms with E-state index in [1.54, 1.807) is 12.3 Å². The zero-order chi connectivity index (χ0) is 38.0. The van der Waals surface area contributed by atoms with E-state index in [1.165, 1.54) is 6.08 Å². The van der Waals surface area contributed by atoms with Crippen molar-refractivity contribution in [2.24, 2.45) is 5.92 Å². The van der Waals surface area contributed by atoms with Gasteiger partial charge in [-0.2, -0.15) is 13.2 Å². The summed E-state index contributed by atoms with van der Waals surface area (Å²) in [5, 5.41) is 5.86. The Morgan fingerprint density at radius 1 is 1.17 bits per heavy atom. The summed E-state index contributed by atoms with van der Waals surface area (Å²) >= 11 is 0. The number of aromatic nitrogens is 1. The van der Waals surface area contributed by atoms with E-state index in [2.05, 4.69) is 26.9 Å². The number of sulfonamides is 1. The predicted molar refractivity (Wildman–Crippen MR) is 187 cm³/mol. The Hall–Kier alpha value is -4.67. The second kappa shape index (κ2) is 15.4. The maximum atomic E-state index is 14.2. The van der Waals surface area contributed by atoms with E-state index in [4.69, 9.17) is 9.47 Å². The van der Waals surface area contributed by atoms with E-state index in [0.717, 1.165) is 15.8 Å². The molecule has 0 spiro atoms. The molecule has 4 amide bonds. The highest BCUT2D eigenvalue weighted by Crippen LogP contribution is 2.45. The number of pyridine rings is 1. The first kappa shape index (κ1) is 38.1. The molecule has 53 heavy (non-hydrogen) atoms. The smallest absolute Gasteiger partial charge is 0.407 e.